The van der Waals surface area contributed by atoms with E-state index in [2.05, 4.69) is 13.0 Å². The molecular weight excluding hydrogens is 562 g/mol. The van der Waals surface area contributed by atoms with Gasteiger partial charge in [0.1, 0.15) is 0 Å². The van der Waals surface area contributed by atoms with Crippen LogP contribution in [0.15, 0.2) is 35.5 Å². The number of rotatable bonds is 9. The number of hydrogen-bond donors (Lipinski definition) is 4. The van der Waals surface area contributed by atoms with Crippen LogP contribution in [0.2, 0.25) is 0 Å². The molecule has 6 atom stereocenters. The van der Waals surface area contributed by atoms with Crippen LogP contribution in [0, 0.1) is 22.7 Å². The van der Waals surface area contributed by atoms with Crippen molar-refractivity contribution in [2.75, 3.05) is 0 Å². The lowest BCUT2D eigenvalue weighted by Crippen LogP contribution is -2.55. The molecule has 0 aromatic carbocycles. The Hall–Kier alpha value is -1.36. The molecule has 42 heavy (non-hydrogen) atoms. The van der Waals surface area contributed by atoms with Gasteiger partial charge in [-0.15, -0.1) is 0 Å². The molecule has 3 aliphatic carbocycles. The maximum atomic E-state index is 13.3. The van der Waals surface area contributed by atoms with Gasteiger partial charge in [-0.3, -0.25) is 0 Å². The third kappa shape index (κ3) is 7.83. The summed E-state index contributed by atoms with van der Waals surface area (Å²) in [7, 11) is 0. The summed E-state index contributed by atoms with van der Waals surface area (Å²) in [6.07, 6.45) is -1.06. The molecule has 4 nitrogen and oxygen atoms in total. The Balaban J connectivity index is 1.91. The van der Waals surface area contributed by atoms with Crippen LogP contribution < -0.4 is 0 Å². The normalized spacial score (nSPS) is 33.4. The number of halogens is 6. The van der Waals surface area contributed by atoms with Gasteiger partial charge in [0.25, 0.3) is 5.60 Å². The van der Waals surface area contributed by atoms with Crippen LogP contribution in [-0.4, -0.2) is 56.2 Å². The second-order valence-corrected chi connectivity index (χ2v) is 14.2. The van der Waals surface area contributed by atoms with Gasteiger partial charge >= 0.3 is 12.4 Å². The zero-order valence-electron chi connectivity index (χ0n) is 25.2. The predicted octanol–water partition coefficient (Wildman–Crippen LogP) is 7.71. The molecule has 3 saturated carbocycles. The molecule has 0 saturated heterocycles. The van der Waals surface area contributed by atoms with Crippen molar-refractivity contribution in [2.45, 2.75) is 141 Å². The van der Waals surface area contributed by atoms with Crippen LogP contribution in [0.25, 0.3) is 0 Å². The minimum Gasteiger partial charge on any atom is -0.393 e. The molecule has 0 aliphatic heterocycles. The smallest absolute Gasteiger partial charge is 0.393 e. The summed E-state index contributed by atoms with van der Waals surface area (Å²) in [6.45, 7) is 7.44. The highest BCUT2D eigenvalue weighted by molar-refractivity contribution is 5.27. The van der Waals surface area contributed by atoms with Crippen molar-refractivity contribution >= 4 is 0 Å². The first-order valence-corrected chi connectivity index (χ1v) is 15.1. The van der Waals surface area contributed by atoms with E-state index in [1.165, 1.54) is 5.57 Å². The molecule has 3 fully saturated rings. The van der Waals surface area contributed by atoms with E-state index in [1.54, 1.807) is 13.8 Å². The van der Waals surface area contributed by atoms with Gasteiger partial charge in [0.2, 0.25) is 0 Å². The lowest BCUT2D eigenvalue weighted by molar-refractivity contribution is -0.347. The van der Waals surface area contributed by atoms with Crippen molar-refractivity contribution in [1.29, 1.82) is 0 Å². The Bertz CT molecular complexity index is 997. The molecule has 2 unspecified atom stereocenters. The zero-order valence-corrected chi connectivity index (χ0v) is 25.2. The number of alkyl halides is 6. The summed E-state index contributed by atoms with van der Waals surface area (Å²) in [5.74, 6) is 0.201. The van der Waals surface area contributed by atoms with Crippen molar-refractivity contribution < 1.29 is 46.8 Å². The lowest BCUT2D eigenvalue weighted by atomic mass is 9.55. The van der Waals surface area contributed by atoms with E-state index in [9.17, 15) is 46.8 Å². The Morgan fingerprint density at radius 2 is 1.48 bits per heavy atom. The molecule has 3 rings (SSSR count). The third-order valence-electron chi connectivity index (χ3n) is 10.2. The van der Waals surface area contributed by atoms with Gasteiger partial charge in [0, 0.05) is 0 Å². The summed E-state index contributed by atoms with van der Waals surface area (Å²) in [4.78, 5) is 0. The van der Waals surface area contributed by atoms with Crippen molar-refractivity contribution in [3.63, 3.8) is 0 Å². The van der Waals surface area contributed by atoms with Crippen LogP contribution in [-0.2, 0) is 0 Å². The molecule has 0 amide bonds. The predicted molar refractivity (Wildman–Crippen MR) is 149 cm³/mol. The molecule has 0 aromatic rings. The van der Waals surface area contributed by atoms with Crippen molar-refractivity contribution in [3.05, 3.63) is 35.5 Å². The van der Waals surface area contributed by atoms with Gasteiger partial charge in [0.15, 0.2) is 0 Å². The van der Waals surface area contributed by atoms with E-state index in [4.69, 9.17) is 0 Å². The summed E-state index contributed by atoms with van der Waals surface area (Å²) >= 11 is 0. The van der Waals surface area contributed by atoms with Crippen molar-refractivity contribution in [1.82, 2.24) is 0 Å². The van der Waals surface area contributed by atoms with Gasteiger partial charge in [-0.25, -0.2) is 0 Å². The molecule has 0 spiro atoms. The van der Waals surface area contributed by atoms with Gasteiger partial charge in [-0.05, 0) is 113 Å². The number of fused-ring (bicyclic) bond motifs is 1. The van der Waals surface area contributed by atoms with Crippen LogP contribution in [0.5, 0.6) is 0 Å². The largest absolute Gasteiger partial charge is 0.429 e. The van der Waals surface area contributed by atoms with Crippen molar-refractivity contribution in [3.8, 4) is 0 Å². The Morgan fingerprint density at radius 3 is 2.02 bits per heavy atom. The molecule has 0 heterocycles. The molecule has 10 heteroatoms. The van der Waals surface area contributed by atoms with Gasteiger partial charge < -0.3 is 20.4 Å². The molecule has 4 N–H and O–H groups in total. The standard InChI is InChI=1S/C32H48F6O4/c1-27(2,41)13-6-14-28(3,15-7-17-30(42,31(33,34)35)32(36,37)38)26-12-11-25-22(8-5-16-29(25,26)4)10-9-21-18-23(39)20-24(40)19-21/h7,9-10,17,23-26,39-42H,5-6,8,11-16,18-20H2,1-4H3/b17-7-,21-9?,22-10+/t23-,24?,25?,26-,28-,29+/m1/s1. The Labute approximate surface area is 245 Å². The van der Waals surface area contributed by atoms with E-state index in [0.717, 1.165) is 43.8 Å². The highest BCUT2D eigenvalue weighted by Gasteiger charge is 2.69. The SMILES string of the molecule is CC(C)(O)CCC[C@](C)(C/C=C\C(O)(C(F)(F)F)C(F)(F)F)[C@H]1CCC2/C(=C/C=C3CC(O)C[C@H](O)C3)CCC[C@@]21C. The first kappa shape index (κ1) is 35.1. The number of aliphatic hydroxyl groups excluding tert-OH is 2. The van der Waals surface area contributed by atoms with Crippen LogP contribution in [0.4, 0.5) is 26.3 Å². The van der Waals surface area contributed by atoms with E-state index in [0.29, 0.717) is 38.5 Å². The quantitative estimate of drug-likeness (QED) is 0.159. The third-order valence-corrected chi connectivity index (χ3v) is 10.2. The molecule has 0 radical (unpaired) electrons. The van der Waals surface area contributed by atoms with Crippen LogP contribution in [0.3, 0.4) is 0 Å². The van der Waals surface area contributed by atoms with Crippen LogP contribution in [0.1, 0.15) is 105 Å². The van der Waals surface area contributed by atoms with E-state index in [-0.39, 0.29) is 29.7 Å². The second kappa shape index (κ2) is 12.6. The maximum Gasteiger partial charge on any atom is 0.429 e. The Morgan fingerprint density at radius 1 is 0.881 bits per heavy atom. The summed E-state index contributed by atoms with van der Waals surface area (Å²) < 4.78 is 80.1. The van der Waals surface area contributed by atoms with Crippen LogP contribution >= 0.6 is 0 Å². The molecular formula is C32H48F6O4. The molecule has 0 bridgehead atoms. The molecule has 3 aliphatic rings. The summed E-state index contributed by atoms with van der Waals surface area (Å²) in [5, 5.41) is 40.1. The number of aliphatic hydroxyl groups is 4. The minimum atomic E-state index is -5.91. The van der Waals surface area contributed by atoms with Gasteiger partial charge in [-0.1, -0.05) is 49.6 Å². The first-order chi connectivity index (χ1) is 19.1. The topological polar surface area (TPSA) is 80.9 Å². The summed E-state index contributed by atoms with van der Waals surface area (Å²) in [5.41, 5.74) is -4.53. The number of allylic oxidation sites excluding steroid dienone is 4. The fourth-order valence-electron chi connectivity index (χ4n) is 8.11. The van der Waals surface area contributed by atoms with E-state index >= 15 is 0 Å². The zero-order chi connectivity index (χ0) is 31.8. The van der Waals surface area contributed by atoms with E-state index < -0.39 is 41.2 Å². The maximum absolute atomic E-state index is 13.3. The average Bonchev–Trinajstić information content (AvgIpc) is 3.18. The van der Waals surface area contributed by atoms with E-state index in [1.807, 2.05) is 13.0 Å². The highest BCUT2D eigenvalue weighted by Crippen LogP contribution is 2.64. The first-order valence-electron chi connectivity index (χ1n) is 15.1. The Kier molecular flexibility index (Phi) is 10.5. The van der Waals surface area contributed by atoms with Crippen molar-refractivity contribution in [2.24, 2.45) is 22.7 Å². The monoisotopic (exact) mass is 610 g/mol. The van der Waals surface area contributed by atoms with Gasteiger partial charge in [-0.2, -0.15) is 26.3 Å². The lowest BCUT2D eigenvalue weighted by Gasteiger charge is -2.49. The molecule has 242 valence electrons. The number of hydrogen-bond acceptors (Lipinski definition) is 4. The fraction of sp³-hybridized carbons (Fsp3) is 0.812. The fourth-order valence-corrected chi connectivity index (χ4v) is 8.11. The molecule has 0 aromatic heterocycles. The second-order valence-electron chi connectivity index (χ2n) is 14.2. The highest BCUT2D eigenvalue weighted by atomic mass is 19.4. The summed E-state index contributed by atoms with van der Waals surface area (Å²) in [6, 6.07) is 0. The average molecular weight is 611 g/mol. The minimum absolute atomic E-state index is 0.000925. The van der Waals surface area contributed by atoms with Gasteiger partial charge in [0.05, 0.1) is 17.8 Å².